The molecule has 3 aliphatic heterocycles. The third-order valence-corrected chi connectivity index (χ3v) is 13.6. The van der Waals surface area contributed by atoms with Crippen molar-refractivity contribution in [3.8, 4) is 0 Å². The molecule has 336 valence electrons. The highest BCUT2D eigenvalue weighted by Gasteiger charge is 2.53. The third kappa shape index (κ3) is 13.6. The molecule has 2 bridgehead atoms. The molecule has 0 aromatic carbocycles. The molecular weight excluding hydrogens is 767 g/mol. The number of Topliss-reactive ketones (excluding diaryl/α,β-unsaturated/α-hetero) is 3. The lowest BCUT2D eigenvalue weighted by Gasteiger charge is -2.42. The van der Waals surface area contributed by atoms with E-state index >= 15 is 0 Å². The zero-order valence-corrected chi connectivity index (χ0v) is 37.1. The normalized spacial score (nSPS) is 40.3. The van der Waals surface area contributed by atoms with Crippen molar-refractivity contribution in [1.82, 2.24) is 4.90 Å². The number of carbonyl (C=O) groups is 5. The van der Waals surface area contributed by atoms with E-state index in [0.717, 1.165) is 12.8 Å². The highest BCUT2D eigenvalue weighted by Crippen LogP contribution is 2.37. The summed E-state index contributed by atoms with van der Waals surface area (Å²) in [5.74, 6) is -7.29. The number of allylic oxidation sites excluding steroid dienone is 6. The SMILES string of the molecule is C/C1=C\[C@@H](C)C(=O)C[C@@H]([C@H](C)CC2CCC(O)CC2)OC(=O)[C@@H]2CCCCN2C(=O)C(=O)[C@]2(O)O[C@@H](CC[C@H]2C)C[C@H](O)/C(C)=C/C=C/C=C/[C@@H](C)C[C@@H](C)C(=O)C[C@@H]1O. The van der Waals surface area contributed by atoms with Crippen LogP contribution < -0.4 is 0 Å². The van der Waals surface area contributed by atoms with Crippen LogP contribution in [-0.2, 0) is 33.4 Å². The van der Waals surface area contributed by atoms with E-state index in [-0.39, 0.29) is 73.6 Å². The molecule has 11 atom stereocenters. The van der Waals surface area contributed by atoms with Crippen molar-refractivity contribution < 1.29 is 53.9 Å². The Hall–Kier alpha value is -3.29. The number of aliphatic hydroxyl groups excluding tert-OH is 3. The van der Waals surface area contributed by atoms with Gasteiger partial charge in [-0.05, 0) is 113 Å². The molecule has 12 nitrogen and oxygen atoms in total. The number of esters is 1. The van der Waals surface area contributed by atoms with Crippen LogP contribution in [0, 0.1) is 35.5 Å². The van der Waals surface area contributed by atoms with Gasteiger partial charge in [0.2, 0.25) is 5.79 Å². The van der Waals surface area contributed by atoms with Gasteiger partial charge in [0.1, 0.15) is 23.7 Å². The molecule has 0 spiro atoms. The predicted octanol–water partition coefficient (Wildman–Crippen LogP) is 6.28. The van der Waals surface area contributed by atoms with Crippen molar-refractivity contribution in [1.29, 1.82) is 0 Å². The molecule has 0 radical (unpaired) electrons. The van der Waals surface area contributed by atoms with Crippen molar-refractivity contribution in [2.24, 2.45) is 35.5 Å². The molecule has 2 saturated heterocycles. The minimum Gasteiger partial charge on any atom is -0.460 e. The van der Waals surface area contributed by atoms with Gasteiger partial charge >= 0.3 is 5.97 Å². The number of hydrogen-bond donors (Lipinski definition) is 4. The summed E-state index contributed by atoms with van der Waals surface area (Å²) in [6, 6.07) is -1.12. The molecule has 60 heavy (non-hydrogen) atoms. The summed E-state index contributed by atoms with van der Waals surface area (Å²) in [6.07, 6.45) is 13.3. The molecule has 4 N–H and O–H groups in total. The molecule has 12 heteroatoms. The Morgan fingerprint density at radius 2 is 1.50 bits per heavy atom. The number of fused-ring (bicyclic) bond motifs is 3. The van der Waals surface area contributed by atoms with Crippen molar-refractivity contribution in [2.75, 3.05) is 6.54 Å². The van der Waals surface area contributed by atoms with Gasteiger partial charge in [0, 0.05) is 43.6 Å². The summed E-state index contributed by atoms with van der Waals surface area (Å²) in [6.45, 7) is 12.7. The second-order valence-corrected chi connectivity index (χ2v) is 18.7. The summed E-state index contributed by atoms with van der Waals surface area (Å²) in [7, 11) is 0. The van der Waals surface area contributed by atoms with Gasteiger partial charge in [-0.15, -0.1) is 0 Å². The maximum absolute atomic E-state index is 14.2. The Labute approximate surface area is 357 Å². The zero-order chi connectivity index (χ0) is 44.3. The fourth-order valence-electron chi connectivity index (χ4n) is 9.23. The summed E-state index contributed by atoms with van der Waals surface area (Å²) in [5, 5.41) is 44.0. The molecule has 3 fully saturated rings. The maximum Gasteiger partial charge on any atom is 0.329 e. The summed E-state index contributed by atoms with van der Waals surface area (Å²) in [5.41, 5.74) is 1.14. The number of amides is 1. The van der Waals surface area contributed by atoms with E-state index in [2.05, 4.69) is 0 Å². The number of rotatable bonds is 3. The molecule has 0 aromatic rings. The predicted molar refractivity (Wildman–Crippen MR) is 228 cm³/mol. The largest absolute Gasteiger partial charge is 0.460 e. The highest BCUT2D eigenvalue weighted by atomic mass is 16.6. The van der Waals surface area contributed by atoms with E-state index in [1.807, 2.05) is 39.0 Å². The second kappa shape index (κ2) is 22.7. The van der Waals surface area contributed by atoms with E-state index in [0.29, 0.717) is 62.5 Å². The van der Waals surface area contributed by atoms with Crippen LogP contribution >= 0.6 is 0 Å². The first-order valence-electron chi connectivity index (χ1n) is 22.6. The molecular formula is C48H73NO11. The number of nitrogens with zero attached hydrogens (tertiary/aromatic N) is 1. The van der Waals surface area contributed by atoms with E-state index in [9.17, 15) is 44.4 Å². The monoisotopic (exact) mass is 840 g/mol. The standard InChI is InChI=1S/C48H73NO11/c1-29-13-9-8-10-14-30(2)40(51)26-38-21-16-35(7)48(58,60-38)45(55)46(56)49-22-12-11-15-39(49)47(57)59-44(34(6)25-36-17-19-37(50)20-18-36)28-43(54)33(5)24-32(4)42(53)27-41(52)31(3)23-29/h8-10,13-14,24,29,31,33-40,42,44,50-51,53,58H,11-12,15-23,25-28H2,1-7H3/b10-8+,13-9+,30-14+,32-24+/t29-,31-,33-,34-,35-,36?,37?,38+,39+,40+,42+,44+,48-/m1/s1. The number of cyclic esters (lactones) is 1. The molecule has 1 amide bonds. The lowest BCUT2D eigenvalue weighted by molar-refractivity contribution is -0.265. The highest BCUT2D eigenvalue weighted by molar-refractivity contribution is 6.39. The molecule has 3 heterocycles. The maximum atomic E-state index is 14.2. The van der Waals surface area contributed by atoms with Crippen molar-refractivity contribution in [3.63, 3.8) is 0 Å². The van der Waals surface area contributed by atoms with Gasteiger partial charge < -0.3 is 34.8 Å². The fourth-order valence-corrected chi connectivity index (χ4v) is 9.23. The van der Waals surface area contributed by atoms with Crippen LogP contribution in [0.1, 0.15) is 138 Å². The van der Waals surface area contributed by atoms with Crippen molar-refractivity contribution in [3.05, 3.63) is 47.6 Å². The van der Waals surface area contributed by atoms with E-state index in [1.165, 1.54) is 4.90 Å². The Morgan fingerprint density at radius 1 is 0.800 bits per heavy atom. The molecule has 4 rings (SSSR count). The van der Waals surface area contributed by atoms with E-state index in [4.69, 9.17) is 9.47 Å². The van der Waals surface area contributed by atoms with Gasteiger partial charge in [-0.1, -0.05) is 71.1 Å². The zero-order valence-electron chi connectivity index (χ0n) is 37.1. The Morgan fingerprint density at radius 3 is 2.20 bits per heavy atom. The summed E-state index contributed by atoms with van der Waals surface area (Å²) in [4.78, 5) is 70.5. The lowest BCUT2D eigenvalue weighted by atomic mass is 9.79. The van der Waals surface area contributed by atoms with Crippen LogP contribution in [0.3, 0.4) is 0 Å². The molecule has 1 saturated carbocycles. The summed E-state index contributed by atoms with van der Waals surface area (Å²) < 4.78 is 12.2. The quantitative estimate of drug-likeness (QED) is 0.142. The van der Waals surface area contributed by atoms with Gasteiger partial charge in [0.25, 0.3) is 11.7 Å². The number of ether oxygens (including phenoxy) is 2. The lowest BCUT2D eigenvalue weighted by Crippen LogP contribution is -2.61. The Balaban J connectivity index is 1.64. The average Bonchev–Trinajstić information content (AvgIpc) is 3.21. The Bertz CT molecular complexity index is 1620. The molecule has 4 aliphatic rings. The van der Waals surface area contributed by atoms with Crippen LogP contribution in [-0.4, -0.2) is 103 Å². The first-order valence-corrected chi connectivity index (χ1v) is 22.6. The number of ketones is 3. The van der Waals surface area contributed by atoms with Gasteiger partial charge in [-0.2, -0.15) is 0 Å². The minimum absolute atomic E-state index is 0.0702. The minimum atomic E-state index is -2.46. The fraction of sp³-hybridized carbons (Fsp3) is 0.729. The van der Waals surface area contributed by atoms with Crippen LogP contribution in [0.15, 0.2) is 47.6 Å². The molecule has 0 aromatic heterocycles. The van der Waals surface area contributed by atoms with E-state index < -0.39 is 65.7 Å². The van der Waals surface area contributed by atoms with Crippen molar-refractivity contribution in [2.45, 2.75) is 181 Å². The first-order chi connectivity index (χ1) is 28.3. The smallest absolute Gasteiger partial charge is 0.329 e. The van der Waals surface area contributed by atoms with Crippen molar-refractivity contribution >= 4 is 29.2 Å². The number of piperidine rings is 1. The third-order valence-electron chi connectivity index (χ3n) is 13.6. The number of aliphatic hydroxyl groups is 4. The molecule has 1 aliphatic carbocycles. The van der Waals surface area contributed by atoms with Crippen LogP contribution in [0.25, 0.3) is 0 Å². The number of hydrogen-bond acceptors (Lipinski definition) is 11. The van der Waals surface area contributed by atoms with Gasteiger partial charge in [-0.25, -0.2) is 4.79 Å². The van der Waals surface area contributed by atoms with Gasteiger partial charge in [-0.3, -0.25) is 19.2 Å². The van der Waals surface area contributed by atoms with Crippen LogP contribution in [0.4, 0.5) is 0 Å². The average molecular weight is 840 g/mol. The molecule has 0 unspecified atom stereocenters. The van der Waals surface area contributed by atoms with Gasteiger partial charge in [0.15, 0.2) is 0 Å². The number of carbonyl (C=O) groups excluding carboxylic acids is 5. The topological polar surface area (TPSA) is 188 Å². The second-order valence-electron chi connectivity index (χ2n) is 18.7. The Kier molecular flexibility index (Phi) is 18.7. The summed E-state index contributed by atoms with van der Waals surface area (Å²) >= 11 is 0. The van der Waals surface area contributed by atoms with Crippen LogP contribution in [0.2, 0.25) is 0 Å². The van der Waals surface area contributed by atoms with Crippen LogP contribution in [0.5, 0.6) is 0 Å². The first kappa shape index (κ1) is 49.4. The van der Waals surface area contributed by atoms with Gasteiger partial charge in [0.05, 0.1) is 24.4 Å². The van der Waals surface area contributed by atoms with E-state index in [1.54, 1.807) is 45.9 Å².